The Morgan fingerprint density at radius 1 is 1.14 bits per heavy atom. The van der Waals surface area contributed by atoms with Crippen molar-refractivity contribution < 1.29 is 4.74 Å². The van der Waals surface area contributed by atoms with Crippen LogP contribution in [-0.4, -0.2) is 11.5 Å². The molecule has 0 unspecified atom stereocenters. The van der Waals surface area contributed by atoms with Gasteiger partial charge in [0.2, 0.25) is 0 Å². The Morgan fingerprint density at radius 3 is 2.67 bits per heavy atom. The van der Waals surface area contributed by atoms with Crippen LogP contribution in [0.1, 0.15) is 23.9 Å². The fourth-order valence-corrected chi connectivity index (χ4v) is 2.21. The summed E-state index contributed by atoms with van der Waals surface area (Å²) in [5, 5.41) is 4.35. The fourth-order valence-electron chi connectivity index (χ4n) is 1.89. The van der Waals surface area contributed by atoms with Gasteiger partial charge in [-0.1, -0.05) is 36.2 Å². The third-order valence-electron chi connectivity index (χ3n) is 2.99. The summed E-state index contributed by atoms with van der Waals surface area (Å²) < 4.78 is 5.87. The molecule has 112 valence electrons. The molecule has 0 bridgehead atoms. The van der Waals surface area contributed by atoms with Crippen LogP contribution >= 0.6 is 23.2 Å². The van der Waals surface area contributed by atoms with E-state index in [1.54, 1.807) is 6.07 Å². The van der Waals surface area contributed by atoms with Crippen LogP contribution in [0.3, 0.4) is 0 Å². The Balaban J connectivity index is 2.09. The standard InChI is InChI=1S/C16H18Cl2N2O/c1-3-19-9-15-16(7-4-11(2)20-15)21-10-12-5-6-13(17)14(18)8-12/h4-8,19H,3,9-10H2,1-2H3. The number of aryl methyl sites for hydroxylation is 1. The lowest BCUT2D eigenvalue weighted by atomic mass is 10.2. The lowest BCUT2D eigenvalue weighted by molar-refractivity contribution is 0.300. The lowest BCUT2D eigenvalue weighted by Crippen LogP contribution is -2.14. The Labute approximate surface area is 135 Å². The molecule has 0 aliphatic rings. The Kier molecular flexibility index (Phi) is 5.85. The van der Waals surface area contributed by atoms with Gasteiger partial charge in [-0.3, -0.25) is 4.98 Å². The molecule has 1 heterocycles. The zero-order chi connectivity index (χ0) is 15.2. The fraction of sp³-hybridized carbons (Fsp3) is 0.312. The van der Waals surface area contributed by atoms with E-state index < -0.39 is 0 Å². The smallest absolute Gasteiger partial charge is 0.142 e. The highest BCUT2D eigenvalue weighted by Crippen LogP contribution is 2.24. The number of pyridine rings is 1. The Bertz CT molecular complexity index is 617. The molecule has 0 saturated heterocycles. The molecule has 0 amide bonds. The van der Waals surface area contributed by atoms with Gasteiger partial charge in [0.25, 0.3) is 0 Å². The van der Waals surface area contributed by atoms with Crippen LogP contribution in [0, 0.1) is 6.92 Å². The van der Waals surface area contributed by atoms with Gasteiger partial charge >= 0.3 is 0 Å². The third kappa shape index (κ3) is 4.60. The maximum absolute atomic E-state index is 6.01. The molecule has 1 aromatic heterocycles. The zero-order valence-corrected chi connectivity index (χ0v) is 13.6. The third-order valence-corrected chi connectivity index (χ3v) is 3.73. The second-order valence-electron chi connectivity index (χ2n) is 4.71. The van der Waals surface area contributed by atoms with Crippen molar-refractivity contribution in [1.82, 2.24) is 10.3 Å². The SMILES string of the molecule is CCNCc1nc(C)ccc1OCc1ccc(Cl)c(Cl)c1. The number of benzene rings is 1. The Hall–Kier alpha value is -1.29. The van der Waals surface area contributed by atoms with Crippen LogP contribution in [0.5, 0.6) is 5.75 Å². The zero-order valence-electron chi connectivity index (χ0n) is 12.1. The normalized spacial score (nSPS) is 10.7. The van der Waals surface area contributed by atoms with Crippen LogP contribution in [0.25, 0.3) is 0 Å². The molecule has 0 radical (unpaired) electrons. The highest BCUT2D eigenvalue weighted by molar-refractivity contribution is 6.42. The van der Waals surface area contributed by atoms with E-state index in [4.69, 9.17) is 27.9 Å². The molecular formula is C16H18Cl2N2O. The van der Waals surface area contributed by atoms with Gasteiger partial charge < -0.3 is 10.1 Å². The number of nitrogens with one attached hydrogen (secondary N) is 1. The molecule has 0 spiro atoms. The summed E-state index contributed by atoms with van der Waals surface area (Å²) in [6, 6.07) is 9.39. The predicted molar refractivity (Wildman–Crippen MR) is 87.1 cm³/mol. The van der Waals surface area contributed by atoms with E-state index in [1.807, 2.05) is 31.2 Å². The van der Waals surface area contributed by atoms with Crippen molar-refractivity contribution in [2.24, 2.45) is 0 Å². The van der Waals surface area contributed by atoms with E-state index >= 15 is 0 Å². The second-order valence-corrected chi connectivity index (χ2v) is 5.53. The first-order chi connectivity index (χ1) is 10.1. The van der Waals surface area contributed by atoms with Crippen LogP contribution in [0.15, 0.2) is 30.3 Å². The topological polar surface area (TPSA) is 34.2 Å². The van der Waals surface area contributed by atoms with E-state index in [0.29, 0.717) is 23.2 Å². The molecule has 21 heavy (non-hydrogen) atoms. The molecule has 0 atom stereocenters. The van der Waals surface area contributed by atoms with Gasteiger partial charge in [0.1, 0.15) is 12.4 Å². The molecule has 1 aromatic carbocycles. The van der Waals surface area contributed by atoms with Crippen LogP contribution in [0.2, 0.25) is 10.0 Å². The molecule has 0 fully saturated rings. The minimum Gasteiger partial charge on any atom is -0.487 e. The molecule has 5 heteroatoms. The van der Waals surface area contributed by atoms with Gasteiger partial charge in [0.15, 0.2) is 0 Å². The summed E-state index contributed by atoms with van der Waals surface area (Å²) in [6.07, 6.45) is 0. The maximum Gasteiger partial charge on any atom is 0.142 e. The van der Waals surface area contributed by atoms with Gasteiger partial charge in [-0.05, 0) is 43.3 Å². The quantitative estimate of drug-likeness (QED) is 0.855. The lowest BCUT2D eigenvalue weighted by Gasteiger charge is -2.12. The maximum atomic E-state index is 6.01. The van der Waals surface area contributed by atoms with Crippen molar-refractivity contribution in [3.8, 4) is 5.75 Å². The van der Waals surface area contributed by atoms with E-state index in [-0.39, 0.29) is 0 Å². The highest BCUT2D eigenvalue weighted by atomic mass is 35.5. The number of rotatable bonds is 6. The predicted octanol–water partition coefficient (Wildman–Crippen LogP) is 4.39. The van der Waals surface area contributed by atoms with E-state index in [0.717, 1.165) is 29.2 Å². The minimum atomic E-state index is 0.431. The number of hydrogen-bond acceptors (Lipinski definition) is 3. The Morgan fingerprint density at radius 2 is 1.95 bits per heavy atom. The van der Waals surface area contributed by atoms with Crippen molar-refractivity contribution in [3.63, 3.8) is 0 Å². The summed E-state index contributed by atoms with van der Waals surface area (Å²) in [5.74, 6) is 0.785. The minimum absolute atomic E-state index is 0.431. The first-order valence-electron chi connectivity index (χ1n) is 6.84. The molecule has 2 rings (SSSR count). The molecular weight excluding hydrogens is 307 g/mol. The molecule has 3 nitrogen and oxygen atoms in total. The van der Waals surface area contributed by atoms with Crippen LogP contribution < -0.4 is 10.1 Å². The summed E-state index contributed by atoms with van der Waals surface area (Å²) in [4.78, 5) is 4.52. The summed E-state index contributed by atoms with van der Waals surface area (Å²) in [7, 11) is 0. The van der Waals surface area contributed by atoms with Crippen molar-refractivity contribution in [3.05, 3.63) is 57.3 Å². The number of halogens is 2. The average Bonchev–Trinajstić information content (AvgIpc) is 2.47. The van der Waals surface area contributed by atoms with Crippen molar-refractivity contribution in [1.29, 1.82) is 0 Å². The van der Waals surface area contributed by atoms with Crippen molar-refractivity contribution in [2.45, 2.75) is 27.0 Å². The van der Waals surface area contributed by atoms with E-state index in [1.165, 1.54) is 0 Å². The largest absolute Gasteiger partial charge is 0.487 e. The number of ether oxygens (including phenoxy) is 1. The molecule has 1 N–H and O–H groups in total. The van der Waals surface area contributed by atoms with Crippen molar-refractivity contribution in [2.75, 3.05) is 6.54 Å². The van der Waals surface area contributed by atoms with Crippen molar-refractivity contribution >= 4 is 23.2 Å². The van der Waals surface area contributed by atoms with Crippen LogP contribution in [-0.2, 0) is 13.2 Å². The molecule has 0 saturated carbocycles. The van der Waals surface area contributed by atoms with E-state index in [2.05, 4.69) is 17.2 Å². The van der Waals surface area contributed by atoms with Gasteiger partial charge in [-0.25, -0.2) is 0 Å². The summed E-state index contributed by atoms with van der Waals surface area (Å²) in [6.45, 7) is 6.04. The second kappa shape index (κ2) is 7.64. The first-order valence-corrected chi connectivity index (χ1v) is 7.59. The first kappa shape index (κ1) is 16.1. The van der Waals surface area contributed by atoms with Gasteiger partial charge in [0.05, 0.1) is 15.7 Å². The van der Waals surface area contributed by atoms with Gasteiger partial charge in [-0.15, -0.1) is 0 Å². The monoisotopic (exact) mass is 324 g/mol. The number of nitrogens with zero attached hydrogens (tertiary/aromatic N) is 1. The average molecular weight is 325 g/mol. The molecule has 0 aliphatic carbocycles. The molecule has 2 aromatic rings. The highest BCUT2D eigenvalue weighted by Gasteiger charge is 2.07. The van der Waals surface area contributed by atoms with Gasteiger partial charge in [-0.2, -0.15) is 0 Å². The molecule has 0 aliphatic heterocycles. The number of aromatic nitrogens is 1. The van der Waals surface area contributed by atoms with E-state index in [9.17, 15) is 0 Å². The summed E-state index contributed by atoms with van der Waals surface area (Å²) >= 11 is 11.9. The van der Waals surface area contributed by atoms with Gasteiger partial charge in [0, 0.05) is 12.2 Å². The van der Waals surface area contributed by atoms with Crippen LogP contribution in [0.4, 0.5) is 0 Å². The number of hydrogen-bond donors (Lipinski definition) is 1. The summed E-state index contributed by atoms with van der Waals surface area (Å²) in [5.41, 5.74) is 2.86.